The van der Waals surface area contributed by atoms with Crippen molar-refractivity contribution in [3.63, 3.8) is 0 Å². The number of hydrogen-bond acceptors (Lipinski definition) is 6. The van der Waals surface area contributed by atoms with Crippen molar-refractivity contribution in [2.45, 2.75) is 13.0 Å². The first-order valence-electron chi connectivity index (χ1n) is 8.69. The van der Waals surface area contributed by atoms with Gasteiger partial charge in [0, 0.05) is 12.1 Å². The van der Waals surface area contributed by atoms with Gasteiger partial charge < -0.3 is 9.15 Å². The predicted octanol–water partition coefficient (Wildman–Crippen LogP) is 3.02. The average molecular weight is 398 g/mol. The Bertz CT molecular complexity index is 1120. The number of nitrogens with zero attached hydrogens (tertiary/aromatic N) is 2. The van der Waals surface area contributed by atoms with Crippen LogP contribution in [0.2, 0.25) is 0 Å². The Morgan fingerprint density at radius 3 is 2.75 bits per heavy atom. The van der Waals surface area contributed by atoms with Crippen molar-refractivity contribution < 1.29 is 22.4 Å². The fourth-order valence-electron chi connectivity index (χ4n) is 3.15. The summed E-state index contributed by atoms with van der Waals surface area (Å²) in [6.07, 6.45) is 3.20. The standard InChI is InChI=1S/C20H18N2O5S/c1-28(24,25)22-10-9-15-11-16(7-8-18(15)22)20(23)27-13-17-12-26-19(21-17)14-5-3-2-4-6-14/h2-8,11-12H,9-10,13H2,1H3. The zero-order valence-electron chi connectivity index (χ0n) is 15.2. The van der Waals surface area contributed by atoms with Crippen LogP contribution in [-0.4, -0.2) is 32.2 Å². The van der Waals surface area contributed by atoms with Crippen LogP contribution in [0.15, 0.2) is 59.2 Å². The fraction of sp³-hybridized carbons (Fsp3) is 0.200. The highest BCUT2D eigenvalue weighted by Gasteiger charge is 2.27. The number of carbonyl (C=O) groups excluding carboxylic acids is 1. The molecule has 1 aliphatic rings. The van der Waals surface area contributed by atoms with Crippen molar-refractivity contribution in [2.75, 3.05) is 17.1 Å². The summed E-state index contributed by atoms with van der Waals surface area (Å²) in [5.74, 6) is -0.0325. The van der Waals surface area contributed by atoms with Crippen molar-refractivity contribution in [3.05, 3.63) is 71.6 Å². The lowest BCUT2D eigenvalue weighted by Gasteiger charge is -2.16. The monoisotopic (exact) mass is 398 g/mol. The van der Waals surface area contributed by atoms with Crippen molar-refractivity contribution in [2.24, 2.45) is 0 Å². The molecule has 3 aromatic rings. The number of sulfonamides is 1. The highest BCUT2D eigenvalue weighted by atomic mass is 32.2. The third-order valence-electron chi connectivity index (χ3n) is 4.49. The van der Waals surface area contributed by atoms with Crippen LogP contribution in [0, 0.1) is 0 Å². The highest BCUT2D eigenvalue weighted by Crippen LogP contribution is 2.31. The van der Waals surface area contributed by atoms with Gasteiger partial charge in [-0.1, -0.05) is 18.2 Å². The lowest BCUT2D eigenvalue weighted by molar-refractivity contribution is 0.0467. The second kappa shape index (κ2) is 7.12. The van der Waals surface area contributed by atoms with Gasteiger partial charge in [-0.15, -0.1) is 0 Å². The van der Waals surface area contributed by atoms with E-state index in [9.17, 15) is 13.2 Å². The molecule has 2 aromatic carbocycles. The summed E-state index contributed by atoms with van der Waals surface area (Å²) in [6.45, 7) is 0.371. The van der Waals surface area contributed by atoms with E-state index < -0.39 is 16.0 Å². The minimum absolute atomic E-state index is 0.0122. The number of fused-ring (bicyclic) bond motifs is 1. The molecule has 1 aliphatic heterocycles. The van der Waals surface area contributed by atoms with E-state index in [1.54, 1.807) is 18.2 Å². The summed E-state index contributed by atoms with van der Waals surface area (Å²) in [4.78, 5) is 16.7. The molecule has 4 rings (SSSR count). The Morgan fingerprint density at radius 2 is 2.00 bits per heavy atom. The van der Waals surface area contributed by atoms with Crippen molar-refractivity contribution in [1.82, 2.24) is 4.98 Å². The van der Waals surface area contributed by atoms with Gasteiger partial charge in [0.2, 0.25) is 15.9 Å². The molecule has 8 heteroatoms. The molecule has 0 atom stereocenters. The first-order valence-corrected chi connectivity index (χ1v) is 10.5. The number of aromatic nitrogens is 1. The van der Waals surface area contributed by atoms with Gasteiger partial charge in [0.15, 0.2) is 0 Å². The first-order chi connectivity index (χ1) is 13.4. The van der Waals surface area contributed by atoms with Crippen LogP contribution >= 0.6 is 0 Å². The number of hydrogen-bond donors (Lipinski definition) is 0. The molecule has 0 spiro atoms. The molecule has 0 aliphatic carbocycles. The Labute approximate surface area is 162 Å². The lowest BCUT2D eigenvalue weighted by Crippen LogP contribution is -2.27. The highest BCUT2D eigenvalue weighted by molar-refractivity contribution is 7.92. The number of esters is 1. The van der Waals surface area contributed by atoms with Gasteiger partial charge in [-0.05, 0) is 42.3 Å². The van der Waals surface area contributed by atoms with Crippen molar-refractivity contribution in [3.8, 4) is 11.5 Å². The Kier molecular flexibility index (Phi) is 4.64. The van der Waals surface area contributed by atoms with E-state index >= 15 is 0 Å². The minimum Gasteiger partial charge on any atom is -0.455 e. The van der Waals surface area contributed by atoms with Crippen LogP contribution in [0.25, 0.3) is 11.5 Å². The molecule has 0 saturated carbocycles. The zero-order chi connectivity index (χ0) is 19.7. The Hall–Kier alpha value is -3.13. The summed E-state index contributed by atoms with van der Waals surface area (Å²) in [5, 5.41) is 0. The van der Waals surface area contributed by atoms with Crippen LogP contribution < -0.4 is 4.31 Å². The summed E-state index contributed by atoms with van der Waals surface area (Å²) in [5.41, 5.74) is 3.15. The van der Waals surface area contributed by atoms with Crippen molar-refractivity contribution in [1.29, 1.82) is 0 Å². The minimum atomic E-state index is -3.32. The zero-order valence-corrected chi connectivity index (χ0v) is 16.0. The van der Waals surface area contributed by atoms with Crippen LogP contribution in [0.3, 0.4) is 0 Å². The fourth-order valence-corrected chi connectivity index (χ4v) is 4.11. The van der Waals surface area contributed by atoms with E-state index in [2.05, 4.69) is 4.98 Å². The van der Waals surface area contributed by atoms with Gasteiger partial charge in [-0.2, -0.15) is 0 Å². The number of rotatable bonds is 5. The maximum Gasteiger partial charge on any atom is 0.338 e. The lowest BCUT2D eigenvalue weighted by atomic mass is 10.1. The molecule has 2 heterocycles. The van der Waals surface area contributed by atoms with E-state index in [0.29, 0.717) is 35.8 Å². The SMILES string of the molecule is CS(=O)(=O)N1CCc2cc(C(=O)OCc3coc(-c4ccccc4)n3)ccc21. The average Bonchev–Trinajstić information content (AvgIpc) is 3.33. The molecule has 0 N–H and O–H groups in total. The summed E-state index contributed by atoms with van der Waals surface area (Å²) in [7, 11) is -3.32. The third-order valence-corrected chi connectivity index (χ3v) is 5.67. The van der Waals surface area contributed by atoms with Crippen LogP contribution in [0.4, 0.5) is 5.69 Å². The van der Waals surface area contributed by atoms with Crippen LogP contribution in [-0.2, 0) is 27.8 Å². The predicted molar refractivity (Wildman–Crippen MR) is 103 cm³/mol. The smallest absolute Gasteiger partial charge is 0.338 e. The molecule has 28 heavy (non-hydrogen) atoms. The van der Waals surface area contributed by atoms with E-state index in [-0.39, 0.29) is 6.61 Å². The number of oxazole rings is 1. The van der Waals surface area contributed by atoms with E-state index in [0.717, 1.165) is 11.1 Å². The van der Waals surface area contributed by atoms with Gasteiger partial charge in [0.05, 0.1) is 17.5 Å². The molecule has 144 valence electrons. The van der Waals surface area contributed by atoms with Crippen LogP contribution in [0.1, 0.15) is 21.6 Å². The van der Waals surface area contributed by atoms with Crippen LogP contribution in [0.5, 0.6) is 0 Å². The maximum atomic E-state index is 12.4. The number of benzene rings is 2. The molecule has 0 bridgehead atoms. The molecule has 0 saturated heterocycles. The quantitative estimate of drug-likeness (QED) is 0.614. The molecule has 0 fully saturated rings. The second-order valence-electron chi connectivity index (χ2n) is 6.51. The van der Waals surface area contributed by atoms with Gasteiger partial charge >= 0.3 is 5.97 Å². The van der Waals surface area contributed by atoms with Gasteiger partial charge in [-0.25, -0.2) is 18.2 Å². The third kappa shape index (κ3) is 3.63. The molecule has 0 unspecified atom stereocenters. The van der Waals surface area contributed by atoms with Gasteiger partial charge in [0.1, 0.15) is 18.6 Å². The molecule has 0 radical (unpaired) electrons. The van der Waals surface area contributed by atoms with E-state index in [1.165, 1.54) is 16.8 Å². The van der Waals surface area contributed by atoms with Gasteiger partial charge in [0.25, 0.3) is 0 Å². The molecule has 1 aromatic heterocycles. The second-order valence-corrected chi connectivity index (χ2v) is 8.42. The molecular weight excluding hydrogens is 380 g/mol. The topological polar surface area (TPSA) is 89.7 Å². The number of anilines is 1. The number of ether oxygens (including phenoxy) is 1. The Morgan fingerprint density at radius 1 is 1.21 bits per heavy atom. The summed E-state index contributed by atoms with van der Waals surface area (Å²) < 4.78 is 35.7. The largest absolute Gasteiger partial charge is 0.455 e. The summed E-state index contributed by atoms with van der Waals surface area (Å²) in [6, 6.07) is 14.3. The van der Waals surface area contributed by atoms with Crippen molar-refractivity contribution >= 4 is 21.7 Å². The van der Waals surface area contributed by atoms with E-state index in [1.807, 2.05) is 30.3 Å². The Balaban J connectivity index is 1.43. The normalized spacial score (nSPS) is 13.4. The molecule has 0 amide bonds. The molecular formula is C20H18N2O5S. The number of carbonyl (C=O) groups is 1. The summed E-state index contributed by atoms with van der Waals surface area (Å²) >= 11 is 0. The maximum absolute atomic E-state index is 12.4. The molecule has 7 nitrogen and oxygen atoms in total. The van der Waals surface area contributed by atoms with Gasteiger partial charge in [-0.3, -0.25) is 4.31 Å². The first kappa shape index (κ1) is 18.2. The van der Waals surface area contributed by atoms with E-state index in [4.69, 9.17) is 9.15 Å².